The fourth-order valence-electron chi connectivity index (χ4n) is 1.68. The molecule has 2 aromatic rings. The summed E-state index contributed by atoms with van der Waals surface area (Å²) in [7, 11) is 0. The van der Waals surface area contributed by atoms with Crippen LogP contribution in [-0.4, -0.2) is 16.3 Å². The summed E-state index contributed by atoms with van der Waals surface area (Å²) in [5.74, 6) is 4.71. The van der Waals surface area contributed by atoms with E-state index in [1.165, 1.54) is 12.1 Å². The number of nitrogens with two attached hydrogens (primary N) is 1. The molecule has 0 saturated heterocycles. The second kappa shape index (κ2) is 5.97. The van der Waals surface area contributed by atoms with Crippen molar-refractivity contribution >= 4 is 0 Å². The molecule has 3 nitrogen and oxygen atoms in total. The molecule has 1 heterocycles. The first-order valence-corrected chi connectivity index (χ1v) is 5.97. The molecule has 0 radical (unpaired) electrons. The third-order valence-corrected chi connectivity index (χ3v) is 2.68. The van der Waals surface area contributed by atoms with Crippen LogP contribution < -0.4 is 5.73 Å². The lowest BCUT2D eigenvalue weighted by molar-refractivity contribution is -0.137. The van der Waals surface area contributed by atoms with E-state index in [1.807, 2.05) is 0 Å². The van der Waals surface area contributed by atoms with Gasteiger partial charge in [-0.15, -0.1) is 0 Å². The predicted molar refractivity (Wildman–Crippen MR) is 68.7 cm³/mol. The van der Waals surface area contributed by atoms with Gasteiger partial charge in [-0.05, 0) is 12.1 Å². The van der Waals surface area contributed by atoms with Crippen molar-refractivity contribution < 1.29 is 17.6 Å². The van der Waals surface area contributed by atoms with Gasteiger partial charge in [-0.3, -0.25) is 4.68 Å². The van der Waals surface area contributed by atoms with E-state index in [0.29, 0.717) is 11.8 Å². The van der Waals surface area contributed by atoms with E-state index in [0.717, 1.165) is 10.9 Å². The van der Waals surface area contributed by atoms with Crippen molar-refractivity contribution in [2.24, 2.45) is 5.73 Å². The monoisotopic (exact) mass is 297 g/mol. The third kappa shape index (κ3) is 3.83. The topological polar surface area (TPSA) is 43.8 Å². The molecule has 0 fully saturated rings. The highest BCUT2D eigenvalue weighted by atomic mass is 19.4. The molecule has 0 aliphatic carbocycles. The van der Waals surface area contributed by atoms with Gasteiger partial charge in [-0.1, -0.05) is 17.9 Å². The van der Waals surface area contributed by atoms with E-state index in [9.17, 15) is 17.6 Å². The Balaban J connectivity index is 2.18. The molecular weight excluding hydrogens is 286 g/mol. The minimum atomic E-state index is -4.46. The van der Waals surface area contributed by atoms with Crippen molar-refractivity contribution in [3.63, 3.8) is 0 Å². The maximum Gasteiger partial charge on any atom is 0.419 e. The smallest absolute Gasteiger partial charge is 0.320 e. The van der Waals surface area contributed by atoms with Crippen LogP contribution in [0.2, 0.25) is 0 Å². The highest BCUT2D eigenvalue weighted by molar-refractivity contribution is 5.37. The summed E-state index contributed by atoms with van der Waals surface area (Å²) in [5, 5.41) is 3.58. The van der Waals surface area contributed by atoms with Gasteiger partial charge in [-0.25, -0.2) is 4.39 Å². The Morgan fingerprint density at radius 3 is 2.62 bits per heavy atom. The van der Waals surface area contributed by atoms with E-state index in [2.05, 4.69) is 16.9 Å². The number of hydrogen-bond donors (Lipinski definition) is 1. The van der Waals surface area contributed by atoms with Crippen LogP contribution in [0.1, 0.15) is 16.7 Å². The van der Waals surface area contributed by atoms with Gasteiger partial charge in [0.15, 0.2) is 0 Å². The van der Waals surface area contributed by atoms with Crippen molar-refractivity contribution in [2.75, 3.05) is 6.54 Å². The normalized spacial score (nSPS) is 11.1. The first-order valence-electron chi connectivity index (χ1n) is 5.97. The summed E-state index contributed by atoms with van der Waals surface area (Å²) in [6, 6.07) is 4.26. The minimum Gasteiger partial charge on any atom is -0.320 e. The first kappa shape index (κ1) is 15.1. The van der Waals surface area contributed by atoms with Gasteiger partial charge in [0, 0.05) is 17.3 Å². The van der Waals surface area contributed by atoms with Gasteiger partial charge in [0.25, 0.3) is 0 Å². The van der Waals surface area contributed by atoms with Crippen LogP contribution in [0.3, 0.4) is 0 Å². The Labute approximate surface area is 118 Å². The van der Waals surface area contributed by atoms with Crippen molar-refractivity contribution in [2.45, 2.75) is 12.7 Å². The molecule has 0 saturated carbocycles. The fraction of sp³-hybridized carbons (Fsp3) is 0.214. The third-order valence-electron chi connectivity index (χ3n) is 2.68. The Bertz CT molecular complexity index is 692. The molecule has 0 aliphatic heterocycles. The molecule has 0 amide bonds. The molecule has 110 valence electrons. The molecule has 0 bridgehead atoms. The van der Waals surface area contributed by atoms with E-state index in [1.54, 1.807) is 6.07 Å². The zero-order valence-corrected chi connectivity index (χ0v) is 10.8. The number of benzene rings is 1. The van der Waals surface area contributed by atoms with Gasteiger partial charge >= 0.3 is 6.18 Å². The predicted octanol–water partition coefficient (Wildman–Crippen LogP) is 2.40. The van der Waals surface area contributed by atoms with Gasteiger partial charge in [0.05, 0.1) is 24.8 Å². The molecule has 21 heavy (non-hydrogen) atoms. The molecule has 2 rings (SSSR count). The number of alkyl halides is 3. The van der Waals surface area contributed by atoms with E-state index < -0.39 is 17.6 Å². The van der Waals surface area contributed by atoms with Crippen molar-refractivity contribution in [3.05, 3.63) is 53.1 Å². The molecule has 1 aromatic carbocycles. The number of hydrogen-bond acceptors (Lipinski definition) is 2. The molecule has 0 atom stereocenters. The fourth-order valence-corrected chi connectivity index (χ4v) is 1.68. The Hall–Kier alpha value is -2.33. The second-order valence-corrected chi connectivity index (χ2v) is 4.24. The molecule has 7 heteroatoms. The molecule has 0 spiro atoms. The molecule has 0 unspecified atom stereocenters. The van der Waals surface area contributed by atoms with Crippen molar-refractivity contribution in [3.8, 4) is 11.8 Å². The van der Waals surface area contributed by atoms with Crippen molar-refractivity contribution in [1.82, 2.24) is 9.78 Å². The van der Waals surface area contributed by atoms with Crippen LogP contribution in [0.4, 0.5) is 17.6 Å². The summed E-state index contributed by atoms with van der Waals surface area (Å²) in [5.41, 5.74) is 5.03. The van der Waals surface area contributed by atoms with E-state index >= 15 is 0 Å². The van der Waals surface area contributed by atoms with Gasteiger partial charge in [-0.2, -0.15) is 18.3 Å². The summed E-state index contributed by atoms with van der Waals surface area (Å²) < 4.78 is 52.2. The lowest BCUT2D eigenvalue weighted by Crippen LogP contribution is -2.05. The van der Waals surface area contributed by atoms with Gasteiger partial charge < -0.3 is 5.73 Å². The second-order valence-electron chi connectivity index (χ2n) is 4.24. The quantitative estimate of drug-likeness (QED) is 0.683. The Morgan fingerprint density at radius 1 is 1.29 bits per heavy atom. The molecule has 1 aromatic heterocycles. The zero-order valence-electron chi connectivity index (χ0n) is 10.8. The number of rotatable bonds is 2. The highest BCUT2D eigenvalue weighted by Crippen LogP contribution is 2.28. The summed E-state index contributed by atoms with van der Waals surface area (Å²) in [4.78, 5) is 0. The Morgan fingerprint density at radius 2 is 2.05 bits per heavy atom. The van der Waals surface area contributed by atoms with Crippen LogP contribution in [-0.2, 0) is 12.7 Å². The minimum absolute atomic E-state index is 0.0908. The average molecular weight is 297 g/mol. The van der Waals surface area contributed by atoms with E-state index in [4.69, 9.17) is 5.73 Å². The maximum atomic E-state index is 13.8. The van der Waals surface area contributed by atoms with Gasteiger partial charge in [0.1, 0.15) is 5.82 Å². The standard InChI is InChI=1S/C14H11F4N3/c15-13-6-10(2-1-5-19)3-4-11(13)8-21-9-12(7-20-21)14(16,17)18/h3-4,6-7,9H,5,8,19H2. The average Bonchev–Trinajstić information content (AvgIpc) is 2.88. The van der Waals surface area contributed by atoms with Crippen LogP contribution in [0.5, 0.6) is 0 Å². The van der Waals surface area contributed by atoms with Crippen LogP contribution in [0, 0.1) is 17.7 Å². The molecular formula is C14H11F4N3. The molecule has 2 N–H and O–H groups in total. The van der Waals surface area contributed by atoms with E-state index in [-0.39, 0.29) is 18.7 Å². The summed E-state index contributed by atoms with van der Waals surface area (Å²) >= 11 is 0. The first-order chi connectivity index (χ1) is 9.90. The Kier molecular flexibility index (Phi) is 4.29. The molecule has 0 aliphatic rings. The SMILES string of the molecule is NCC#Cc1ccc(Cn2cc(C(F)(F)F)cn2)c(F)c1. The highest BCUT2D eigenvalue weighted by Gasteiger charge is 2.32. The lowest BCUT2D eigenvalue weighted by atomic mass is 10.1. The van der Waals surface area contributed by atoms with Crippen LogP contribution >= 0.6 is 0 Å². The van der Waals surface area contributed by atoms with Gasteiger partial charge in [0.2, 0.25) is 0 Å². The summed E-state index contributed by atoms with van der Waals surface area (Å²) in [6.07, 6.45) is -2.92. The number of halogens is 4. The van der Waals surface area contributed by atoms with Crippen LogP contribution in [0.25, 0.3) is 0 Å². The van der Waals surface area contributed by atoms with Crippen molar-refractivity contribution in [1.29, 1.82) is 0 Å². The number of nitrogens with zero attached hydrogens (tertiary/aromatic N) is 2. The number of aromatic nitrogens is 2. The summed E-state index contributed by atoms with van der Waals surface area (Å²) in [6.45, 7) is 0.0728. The lowest BCUT2D eigenvalue weighted by Gasteiger charge is -2.04. The maximum absolute atomic E-state index is 13.8. The zero-order chi connectivity index (χ0) is 15.5. The largest absolute Gasteiger partial charge is 0.419 e. The van der Waals surface area contributed by atoms with Crippen LogP contribution in [0.15, 0.2) is 30.6 Å².